The Kier molecular flexibility index (Phi) is 4.85. The molecule has 5 aromatic rings. The molecule has 0 fully saturated rings. The zero-order chi connectivity index (χ0) is 23.2. The Morgan fingerprint density at radius 2 is 1.70 bits per heavy atom. The Bertz CT molecular complexity index is 1560. The summed E-state index contributed by atoms with van der Waals surface area (Å²) in [5.41, 5.74) is 1.59. The molecule has 8 heteroatoms. The van der Waals surface area contributed by atoms with Gasteiger partial charge in [0, 0.05) is 46.5 Å². The topological polar surface area (TPSA) is 57.0 Å². The van der Waals surface area contributed by atoms with Crippen LogP contribution in [0.5, 0.6) is 5.88 Å². The van der Waals surface area contributed by atoms with Gasteiger partial charge in [-0.3, -0.25) is 14.3 Å². The molecule has 0 radical (unpaired) electrons. The number of fused-ring (bicyclic) bond motifs is 3. The molecule has 0 spiro atoms. The zero-order valence-corrected chi connectivity index (χ0v) is 17.3. The number of hydrogen-bond acceptors (Lipinski definition) is 4. The maximum absolute atomic E-state index is 13.3. The Balaban J connectivity index is 1.80. The molecule has 0 amide bonds. The van der Waals surface area contributed by atoms with Crippen molar-refractivity contribution in [3.8, 4) is 22.7 Å². The number of rotatable bonds is 3. The second-order valence-corrected chi connectivity index (χ2v) is 7.44. The summed E-state index contributed by atoms with van der Waals surface area (Å²) in [6, 6.07) is 16.8. The molecule has 0 saturated heterocycles. The highest BCUT2D eigenvalue weighted by molar-refractivity contribution is 6.05. The van der Waals surface area contributed by atoms with E-state index < -0.39 is 17.3 Å². The molecule has 33 heavy (non-hydrogen) atoms. The third-order valence-electron chi connectivity index (χ3n) is 5.43. The molecule has 0 unspecified atom stereocenters. The average molecular weight is 447 g/mol. The van der Waals surface area contributed by atoms with Gasteiger partial charge < -0.3 is 4.74 Å². The van der Waals surface area contributed by atoms with Gasteiger partial charge in [0.1, 0.15) is 0 Å². The normalized spacial score (nSPS) is 11.8. The van der Waals surface area contributed by atoms with E-state index in [1.165, 1.54) is 29.9 Å². The summed E-state index contributed by atoms with van der Waals surface area (Å²) >= 11 is 0. The van der Waals surface area contributed by atoms with E-state index >= 15 is 0 Å². The lowest BCUT2D eigenvalue weighted by atomic mass is 10.0. The molecule has 0 bridgehead atoms. The first-order chi connectivity index (χ1) is 15.8. The lowest BCUT2D eigenvalue weighted by Gasteiger charge is -2.15. The molecule has 3 aromatic heterocycles. The van der Waals surface area contributed by atoms with Crippen molar-refractivity contribution in [3.63, 3.8) is 0 Å². The number of hydrogen-bond donors (Lipinski definition) is 0. The van der Waals surface area contributed by atoms with Gasteiger partial charge in [0.05, 0.1) is 23.7 Å². The molecular weight excluding hydrogens is 431 g/mol. The van der Waals surface area contributed by atoms with Crippen LogP contribution in [0, 0.1) is 0 Å². The molecule has 2 aromatic carbocycles. The van der Waals surface area contributed by atoms with Crippen LogP contribution in [0.2, 0.25) is 0 Å². The number of nitrogens with zero attached hydrogens (tertiary/aromatic N) is 3. The van der Waals surface area contributed by atoms with Crippen molar-refractivity contribution in [3.05, 3.63) is 95.0 Å². The fourth-order valence-electron chi connectivity index (χ4n) is 3.84. The lowest BCUT2D eigenvalue weighted by Crippen LogP contribution is -2.18. The van der Waals surface area contributed by atoms with E-state index in [1.807, 2.05) is 24.3 Å². The van der Waals surface area contributed by atoms with Crippen LogP contribution in [0.1, 0.15) is 5.56 Å². The van der Waals surface area contributed by atoms with Crippen molar-refractivity contribution in [2.24, 2.45) is 0 Å². The van der Waals surface area contributed by atoms with Gasteiger partial charge in [-0.25, -0.2) is 4.98 Å². The number of benzene rings is 2. The van der Waals surface area contributed by atoms with Gasteiger partial charge >= 0.3 is 6.18 Å². The molecule has 0 saturated carbocycles. The van der Waals surface area contributed by atoms with Crippen LogP contribution in [0.25, 0.3) is 38.6 Å². The van der Waals surface area contributed by atoms with Gasteiger partial charge in [0.2, 0.25) is 5.88 Å². The first-order valence-electron chi connectivity index (χ1n) is 9.98. The molecule has 5 nitrogen and oxygen atoms in total. The first-order valence-corrected chi connectivity index (χ1v) is 9.98. The van der Waals surface area contributed by atoms with E-state index in [1.54, 1.807) is 24.5 Å². The number of methoxy groups -OCH3 is 1. The average Bonchev–Trinajstić information content (AvgIpc) is 2.83. The van der Waals surface area contributed by atoms with Crippen molar-refractivity contribution >= 4 is 21.8 Å². The van der Waals surface area contributed by atoms with E-state index in [2.05, 4.69) is 9.97 Å². The highest BCUT2D eigenvalue weighted by Gasteiger charge is 2.30. The molecule has 0 N–H and O–H groups in total. The molecule has 3 heterocycles. The summed E-state index contributed by atoms with van der Waals surface area (Å²) in [4.78, 5) is 21.6. The SMILES string of the molecule is COc1ccc(-c2ccc3ncc4ccc(=O)n(-c5cccc(C(F)(F)F)c5)c4c3c2)cn1. The maximum atomic E-state index is 13.3. The highest BCUT2D eigenvalue weighted by atomic mass is 19.4. The Morgan fingerprint density at radius 3 is 2.42 bits per heavy atom. The molecule has 0 aliphatic heterocycles. The second kappa shape index (κ2) is 7.74. The van der Waals surface area contributed by atoms with Crippen molar-refractivity contribution in [2.45, 2.75) is 6.18 Å². The first kappa shape index (κ1) is 20.7. The third kappa shape index (κ3) is 3.69. The smallest absolute Gasteiger partial charge is 0.416 e. The summed E-state index contributed by atoms with van der Waals surface area (Å²) in [6.45, 7) is 0. The maximum Gasteiger partial charge on any atom is 0.416 e. The number of alkyl halides is 3. The lowest BCUT2D eigenvalue weighted by molar-refractivity contribution is -0.137. The van der Waals surface area contributed by atoms with Gasteiger partial charge in [-0.05, 0) is 48.0 Å². The monoisotopic (exact) mass is 447 g/mol. The summed E-state index contributed by atoms with van der Waals surface area (Å²) in [5, 5.41) is 1.26. The minimum atomic E-state index is -4.53. The summed E-state index contributed by atoms with van der Waals surface area (Å²) in [7, 11) is 1.53. The number of ether oxygens (including phenoxy) is 1. The molecule has 164 valence electrons. The minimum absolute atomic E-state index is 0.129. The fourth-order valence-corrected chi connectivity index (χ4v) is 3.84. The molecule has 5 rings (SSSR count). The van der Waals surface area contributed by atoms with Crippen LogP contribution in [0.4, 0.5) is 13.2 Å². The molecule has 0 aliphatic carbocycles. The van der Waals surface area contributed by atoms with Crippen LogP contribution in [0.3, 0.4) is 0 Å². The highest BCUT2D eigenvalue weighted by Crippen LogP contribution is 2.32. The Hall–Kier alpha value is -4.20. The van der Waals surface area contributed by atoms with Gasteiger partial charge in [-0.2, -0.15) is 13.2 Å². The van der Waals surface area contributed by atoms with Crippen molar-refractivity contribution in [2.75, 3.05) is 7.11 Å². The van der Waals surface area contributed by atoms with Crippen LogP contribution < -0.4 is 10.3 Å². The van der Waals surface area contributed by atoms with Crippen LogP contribution in [0.15, 0.2) is 83.9 Å². The van der Waals surface area contributed by atoms with Gasteiger partial charge in [0.25, 0.3) is 5.56 Å². The zero-order valence-electron chi connectivity index (χ0n) is 17.3. The van der Waals surface area contributed by atoms with Crippen molar-refractivity contribution in [1.82, 2.24) is 14.5 Å². The minimum Gasteiger partial charge on any atom is -0.481 e. The molecule has 0 aliphatic rings. The summed E-state index contributed by atoms with van der Waals surface area (Å²) < 4.78 is 46.4. The second-order valence-electron chi connectivity index (χ2n) is 7.44. The largest absolute Gasteiger partial charge is 0.481 e. The van der Waals surface area contributed by atoms with Crippen molar-refractivity contribution < 1.29 is 17.9 Å². The summed E-state index contributed by atoms with van der Waals surface area (Å²) in [5.74, 6) is 0.477. The van der Waals surface area contributed by atoms with E-state index in [-0.39, 0.29) is 5.69 Å². The van der Waals surface area contributed by atoms with Crippen LogP contribution in [-0.4, -0.2) is 21.6 Å². The van der Waals surface area contributed by atoms with Crippen LogP contribution in [-0.2, 0) is 6.18 Å². The quantitative estimate of drug-likeness (QED) is 0.337. The predicted molar refractivity (Wildman–Crippen MR) is 120 cm³/mol. The standard InChI is InChI=1S/C25H16F3N3O2/c1-33-22-9-6-16(13-30-22)15-5-8-21-20(11-15)24-17(14-29-21)7-10-23(32)31(24)19-4-2-3-18(12-19)25(26,27)28/h2-14H,1H3. The fraction of sp³-hybridized carbons (Fsp3) is 0.0800. The van der Waals surface area contributed by atoms with E-state index in [0.717, 1.165) is 23.3 Å². The third-order valence-corrected chi connectivity index (χ3v) is 5.43. The number of halogens is 3. The van der Waals surface area contributed by atoms with Crippen LogP contribution >= 0.6 is 0 Å². The Labute approximate surface area is 185 Å². The van der Waals surface area contributed by atoms with E-state index in [4.69, 9.17) is 4.74 Å². The van der Waals surface area contributed by atoms with Gasteiger partial charge in [-0.15, -0.1) is 0 Å². The number of aromatic nitrogens is 3. The molecule has 0 atom stereocenters. The van der Waals surface area contributed by atoms with E-state index in [9.17, 15) is 18.0 Å². The summed E-state index contributed by atoms with van der Waals surface area (Å²) in [6.07, 6.45) is -1.25. The van der Waals surface area contributed by atoms with Crippen molar-refractivity contribution in [1.29, 1.82) is 0 Å². The molecular formula is C25H16F3N3O2. The van der Waals surface area contributed by atoms with E-state index in [0.29, 0.717) is 27.7 Å². The van der Waals surface area contributed by atoms with Gasteiger partial charge in [-0.1, -0.05) is 12.1 Å². The Morgan fingerprint density at radius 1 is 0.879 bits per heavy atom. The van der Waals surface area contributed by atoms with Gasteiger partial charge in [0.15, 0.2) is 0 Å². The predicted octanol–water partition coefficient (Wildman–Crippen LogP) is 5.63. The number of pyridine rings is 3.